The molecule has 1 unspecified atom stereocenters. The van der Waals surface area contributed by atoms with Crippen molar-refractivity contribution in [1.82, 2.24) is 9.78 Å². The normalized spacial score (nSPS) is 16.5. The maximum atomic E-state index is 14.0. The first-order valence-electron chi connectivity index (χ1n) is 13.9. The minimum atomic E-state index is -0.223. The number of carbonyl (C=O) groups excluding carboxylic acids is 1. The molecule has 38 heavy (non-hydrogen) atoms. The van der Waals surface area contributed by atoms with Crippen molar-refractivity contribution < 1.29 is 4.79 Å². The second kappa shape index (κ2) is 10.2. The van der Waals surface area contributed by atoms with E-state index in [1.807, 2.05) is 10.7 Å². The van der Waals surface area contributed by atoms with Crippen LogP contribution in [0.2, 0.25) is 0 Å². The Morgan fingerprint density at radius 3 is 2.29 bits per heavy atom. The van der Waals surface area contributed by atoms with E-state index in [1.165, 1.54) is 27.8 Å². The molecule has 196 valence electrons. The van der Waals surface area contributed by atoms with Crippen LogP contribution in [0.4, 0.5) is 5.82 Å². The summed E-state index contributed by atoms with van der Waals surface area (Å²) in [4.78, 5) is 14.0. The Morgan fingerprint density at radius 1 is 0.974 bits per heavy atom. The van der Waals surface area contributed by atoms with Crippen LogP contribution in [-0.4, -0.2) is 15.6 Å². The van der Waals surface area contributed by atoms with Gasteiger partial charge in [-0.1, -0.05) is 92.7 Å². The van der Waals surface area contributed by atoms with Crippen molar-refractivity contribution in [3.05, 3.63) is 107 Å². The molecule has 4 aromatic rings. The number of hydrogen-bond acceptors (Lipinski definition) is 3. The summed E-state index contributed by atoms with van der Waals surface area (Å²) in [6, 6.07) is 28.0. The average Bonchev–Trinajstić information content (AvgIpc) is 3.38. The lowest BCUT2D eigenvalue weighted by Gasteiger charge is -2.38. The number of fused-ring (bicyclic) bond motifs is 1. The molecular formula is C34H39N3O. The zero-order valence-corrected chi connectivity index (χ0v) is 23.3. The zero-order chi connectivity index (χ0) is 26.9. The Kier molecular flexibility index (Phi) is 7.00. The molecule has 0 spiro atoms. The Morgan fingerprint density at radius 2 is 1.63 bits per heavy atom. The van der Waals surface area contributed by atoms with E-state index in [9.17, 15) is 4.79 Å². The molecule has 1 aliphatic rings. The molecule has 0 saturated carbocycles. The first kappa shape index (κ1) is 26.0. The van der Waals surface area contributed by atoms with E-state index in [-0.39, 0.29) is 22.8 Å². The molecule has 0 radical (unpaired) electrons. The van der Waals surface area contributed by atoms with Gasteiger partial charge < -0.3 is 5.32 Å². The highest BCUT2D eigenvalue weighted by molar-refractivity contribution is 6.01. The van der Waals surface area contributed by atoms with Gasteiger partial charge in [0, 0.05) is 11.8 Å². The second-order valence-corrected chi connectivity index (χ2v) is 11.4. The summed E-state index contributed by atoms with van der Waals surface area (Å²) in [5.41, 5.74) is 6.47. The lowest BCUT2D eigenvalue weighted by atomic mass is 9.71. The van der Waals surface area contributed by atoms with Gasteiger partial charge in [0.05, 0.1) is 23.3 Å². The first-order chi connectivity index (χ1) is 18.3. The van der Waals surface area contributed by atoms with Crippen molar-refractivity contribution in [2.75, 3.05) is 5.32 Å². The monoisotopic (exact) mass is 505 g/mol. The minimum Gasteiger partial charge on any atom is -0.363 e. The summed E-state index contributed by atoms with van der Waals surface area (Å²) in [7, 11) is 0. The van der Waals surface area contributed by atoms with E-state index in [4.69, 9.17) is 5.10 Å². The average molecular weight is 506 g/mol. The highest BCUT2D eigenvalue weighted by Gasteiger charge is 2.38. The van der Waals surface area contributed by atoms with Crippen LogP contribution in [0.25, 0.3) is 11.1 Å². The van der Waals surface area contributed by atoms with Crippen LogP contribution in [0.1, 0.15) is 86.5 Å². The fourth-order valence-corrected chi connectivity index (χ4v) is 6.15. The van der Waals surface area contributed by atoms with E-state index < -0.39 is 0 Å². The number of aromatic nitrogens is 2. The Bertz CT molecular complexity index is 1410. The summed E-state index contributed by atoms with van der Waals surface area (Å²) in [5.74, 6) is 0.992. The zero-order valence-electron chi connectivity index (χ0n) is 23.3. The van der Waals surface area contributed by atoms with Gasteiger partial charge in [-0.3, -0.25) is 4.79 Å². The second-order valence-electron chi connectivity index (χ2n) is 11.4. The van der Waals surface area contributed by atoms with E-state index in [0.717, 1.165) is 25.1 Å². The molecule has 1 aromatic heterocycles. The van der Waals surface area contributed by atoms with Crippen LogP contribution in [0.3, 0.4) is 0 Å². The van der Waals surface area contributed by atoms with E-state index in [1.54, 1.807) is 6.20 Å². The number of carbonyl (C=O) groups is 1. The molecule has 0 fully saturated rings. The van der Waals surface area contributed by atoms with Gasteiger partial charge in [-0.05, 0) is 67.9 Å². The Labute approximate surface area is 227 Å². The van der Waals surface area contributed by atoms with Crippen molar-refractivity contribution in [3.63, 3.8) is 0 Å². The van der Waals surface area contributed by atoms with Gasteiger partial charge in [0.2, 0.25) is 0 Å². The maximum absolute atomic E-state index is 14.0. The number of ketones is 1. The van der Waals surface area contributed by atoms with Gasteiger partial charge in [-0.2, -0.15) is 5.10 Å². The Hall–Kier alpha value is -3.66. The number of Topliss-reactive ketones (excluding diaryl/α,β-unsaturated/α-hetero) is 1. The number of aryl methyl sites for hydroxylation is 1. The third-order valence-corrected chi connectivity index (χ3v) is 8.67. The quantitative estimate of drug-likeness (QED) is 0.244. The van der Waals surface area contributed by atoms with Gasteiger partial charge in [0.1, 0.15) is 5.82 Å². The van der Waals surface area contributed by atoms with Crippen LogP contribution in [-0.2, 0) is 11.0 Å². The van der Waals surface area contributed by atoms with Crippen molar-refractivity contribution in [2.24, 2.45) is 0 Å². The van der Waals surface area contributed by atoms with Gasteiger partial charge in [0.15, 0.2) is 5.78 Å². The highest BCUT2D eigenvalue weighted by atomic mass is 16.1. The van der Waals surface area contributed by atoms with Gasteiger partial charge in [-0.25, -0.2) is 4.68 Å². The molecule has 2 heterocycles. The van der Waals surface area contributed by atoms with Gasteiger partial charge >= 0.3 is 0 Å². The fourth-order valence-electron chi connectivity index (χ4n) is 6.15. The van der Waals surface area contributed by atoms with Crippen molar-refractivity contribution in [1.29, 1.82) is 0 Å². The predicted molar refractivity (Wildman–Crippen MR) is 157 cm³/mol. The van der Waals surface area contributed by atoms with Crippen LogP contribution in [0.5, 0.6) is 0 Å². The summed E-state index contributed by atoms with van der Waals surface area (Å²) in [5, 5.41) is 8.37. The molecule has 4 nitrogen and oxygen atoms in total. The van der Waals surface area contributed by atoms with Gasteiger partial charge in [-0.15, -0.1) is 0 Å². The van der Waals surface area contributed by atoms with Crippen LogP contribution < -0.4 is 5.32 Å². The number of nitrogens with one attached hydrogen (secondary N) is 1. The fraction of sp³-hybridized carbons (Fsp3) is 0.353. The van der Waals surface area contributed by atoms with E-state index in [2.05, 4.69) is 113 Å². The lowest BCUT2D eigenvalue weighted by Crippen LogP contribution is -2.38. The Balaban J connectivity index is 1.44. The maximum Gasteiger partial charge on any atom is 0.169 e. The first-order valence-corrected chi connectivity index (χ1v) is 13.9. The standard InChI is InChI=1S/C34H39N3O/c1-6-34(7-2,27-19-17-25(18-20-27)28-16-12-11-13-24(28)3)22-31(38)29-23-35-37-32(29)36-30(21-33(37,4)5)26-14-9-8-10-15-26/h8-20,23,30,36H,6-7,21-22H2,1-5H3. The summed E-state index contributed by atoms with van der Waals surface area (Å²) < 4.78 is 2.01. The number of benzene rings is 3. The SMILES string of the molecule is CCC(CC)(CC(=O)c1cnn2c1NC(c1ccccc1)CC2(C)C)c1ccc(-c2ccccc2C)cc1. The molecule has 0 aliphatic carbocycles. The molecule has 1 atom stereocenters. The van der Waals surface area contributed by atoms with E-state index >= 15 is 0 Å². The number of hydrogen-bond donors (Lipinski definition) is 1. The molecular weight excluding hydrogens is 466 g/mol. The predicted octanol–water partition coefficient (Wildman–Crippen LogP) is 8.48. The third kappa shape index (κ3) is 4.69. The van der Waals surface area contributed by atoms with Crippen molar-refractivity contribution >= 4 is 11.6 Å². The number of rotatable bonds is 8. The smallest absolute Gasteiger partial charge is 0.169 e. The molecule has 1 aliphatic heterocycles. The van der Waals surface area contributed by atoms with Crippen LogP contribution in [0, 0.1) is 6.92 Å². The molecule has 0 amide bonds. The number of nitrogens with zero attached hydrogens (tertiary/aromatic N) is 2. The largest absolute Gasteiger partial charge is 0.363 e. The van der Waals surface area contributed by atoms with Crippen molar-refractivity contribution in [2.45, 2.75) is 77.3 Å². The molecule has 3 aromatic carbocycles. The highest BCUT2D eigenvalue weighted by Crippen LogP contribution is 2.42. The lowest BCUT2D eigenvalue weighted by molar-refractivity contribution is 0.0944. The number of anilines is 1. The molecule has 1 N–H and O–H groups in total. The van der Waals surface area contributed by atoms with Crippen LogP contribution in [0.15, 0.2) is 85.1 Å². The molecule has 5 rings (SSSR count). The van der Waals surface area contributed by atoms with Gasteiger partial charge in [0.25, 0.3) is 0 Å². The van der Waals surface area contributed by atoms with Crippen LogP contribution >= 0.6 is 0 Å². The summed E-state index contributed by atoms with van der Waals surface area (Å²) in [6.45, 7) is 11.0. The van der Waals surface area contributed by atoms with E-state index in [0.29, 0.717) is 12.0 Å². The van der Waals surface area contributed by atoms with Crippen molar-refractivity contribution in [3.8, 4) is 11.1 Å². The molecule has 0 saturated heterocycles. The summed E-state index contributed by atoms with van der Waals surface area (Å²) >= 11 is 0. The molecule has 4 heteroatoms. The summed E-state index contributed by atoms with van der Waals surface area (Å²) in [6.07, 6.45) is 4.93. The topological polar surface area (TPSA) is 46.9 Å². The minimum absolute atomic E-state index is 0.137. The third-order valence-electron chi connectivity index (χ3n) is 8.67. The molecule has 0 bridgehead atoms.